The highest BCUT2D eigenvalue weighted by Gasteiger charge is 2.26. The van der Waals surface area contributed by atoms with Crippen LogP contribution in [0.5, 0.6) is 0 Å². The standard InChI is InChI=1S/C16H25N3O2S/c1-3-5-15(21)19-9-4-6-13(10-19)16-18-14(11-22-16)7-8-17-12(2)20/h11,13H,3-10H2,1-2H3,(H,17,20)/t13-/m0/s1. The van der Waals surface area contributed by atoms with E-state index in [1.807, 2.05) is 11.8 Å². The minimum atomic E-state index is -0.00666. The van der Waals surface area contributed by atoms with Gasteiger partial charge in [0.05, 0.1) is 10.7 Å². The van der Waals surface area contributed by atoms with Gasteiger partial charge in [0.1, 0.15) is 0 Å². The Balaban J connectivity index is 1.89. The molecule has 1 saturated heterocycles. The molecule has 0 aromatic carbocycles. The van der Waals surface area contributed by atoms with Crippen molar-refractivity contribution in [3.8, 4) is 0 Å². The van der Waals surface area contributed by atoms with Gasteiger partial charge in [0.25, 0.3) is 0 Å². The summed E-state index contributed by atoms with van der Waals surface area (Å²) in [6.45, 7) is 5.88. The summed E-state index contributed by atoms with van der Waals surface area (Å²) in [6.07, 6.45) is 4.48. The summed E-state index contributed by atoms with van der Waals surface area (Å²) < 4.78 is 0. The first-order valence-corrected chi connectivity index (χ1v) is 8.94. The van der Waals surface area contributed by atoms with Crippen molar-refractivity contribution in [3.63, 3.8) is 0 Å². The molecule has 1 atom stereocenters. The molecule has 0 unspecified atom stereocenters. The SMILES string of the molecule is CCCC(=O)N1CCC[C@H](c2nc(CCNC(C)=O)cs2)C1. The number of amides is 2. The van der Waals surface area contributed by atoms with E-state index in [-0.39, 0.29) is 11.8 Å². The van der Waals surface area contributed by atoms with Crippen molar-refractivity contribution in [3.05, 3.63) is 16.1 Å². The van der Waals surface area contributed by atoms with E-state index in [0.29, 0.717) is 18.9 Å². The van der Waals surface area contributed by atoms with Crippen LogP contribution in [-0.2, 0) is 16.0 Å². The molecule has 1 aromatic heterocycles. The van der Waals surface area contributed by atoms with Crippen molar-refractivity contribution in [1.82, 2.24) is 15.2 Å². The molecule has 2 rings (SSSR count). The largest absolute Gasteiger partial charge is 0.356 e. The third-order valence-corrected chi connectivity index (χ3v) is 4.97. The van der Waals surface area contributed by atoms with Gasteiger partial charge in [-0.15, -0.1) is 11.3 Å². The van der Waals surface area contributed by atoms with Gasteiger partial charge in [-0.3, -0.25) is 9.59 Å². The molecular weight excluding hydrogens is 298 g/mol. The molecule has 0 aliphatic carbocycles. The maximum atomic E-state index is 12.1. The molecule has 0 radical (unpaired) electrons. The molecular formula is C16H25N3O2S. The summed E-state index contributed by atoms with van der Waals surface area (Å²) in [4.78, 5) is 29.6. The Morgan fingerprint density at radius 1 is 1.50 bits per heavy atom. The molecule has 1 aromatic rings. The number of aromatic nitrogens is 1. The Morgan fingerprint density at radius 2 is 2.32 bits per heavy atom. The number of hydrogen-bond acceptors (Lipinski definition) is 4. The quantitative estimate of drug-likeness (QED) is 0.874. The predicted octanol–water partition coefficient (Wildman–Crippen LogP) is 2.33. The lowest BCUT2D eigenvalue weighted by Gasteiger charge is -2.31. The first-order valence-electron chi connectivity index (χ1n) is 8.06. The van der Waals surface area contributed by atoms with Gasteiger partial charge >= 0.3 is 0 Å². The molecule has 1 fully saturated rings. The van der Waals surface area contributed by atoms with Gasteiger partial charge in [-0.2, -0.15) is 0 Å². The number of nitrogens with zero attached hydrogens (tertiary/aromatic N) is 2. The van der Waals surface area contributed by atoms with Crippen LogP contribution >= 0.6 is 11.3 Å². The van der Waals surface area contributed by atoms with Crippen molar-refractivity contribution >= 4 is 23.2 Å². The fourth-order valence-electron chi connectivity index (χ4n) is 2.77. The number of carbonyl (C=O) groups is 2. The second kappa shape index (κ2) is 8.27. The maximum absolute atomic E-state index is 12.1. The molecule has 0 spiro atoms. The smallest absolute Gasteiger partial charge is 0.222 e. The predicted molar refractivity (Wildman–Crippen MR) is 88.0 cm³/mol. The highest BCUT2D eigenvalue weighted by Crippen LogP contribution is 2.29. The zero-order valence-electron chi connectivity index (χ0n) is 13.4. The lowest BCUT2D eigenvalue weighted by molar-refractivity contribution is -0.132. The monoisotopic (exact) mass is 323 g/mol. The van der Waals surface area contributed by atoms with Crippen LogP contribution in [0.15, 0.2) is 5.38 Å². The van der Waals surface area contributed by atoms with Crippen molar-refractivity contribution < 1.29 is 9.59 Å². The average Bonchev–Trinajstić information content (AvgIpc) is 2.96. The second-order valence-electron chi connectivity index (χ2n) is 5.84. The minimum absolute atomic E-state index is 0.00666. The molecule has 122 valence electrons. The average molecular weight is 323 g/mol. The number of thiazole rings is 1. The molecule has 0 saturated carbocycles. The lowest BCUT2D eigenvalue weighted by atomic mass is 9.98. The van der Waals surface area contributed by atoms with Crippen LogP contribution < -0.4 is 5.32 Å². The highest BCUT2D eigenvalue weighted by atomic mass is 32.1. The molecule has 2 amide bonds. The zero-order chi connectivity index (χ0) is 15.9. The molecule has 0 bridgehead atoms. The molecule has 1 aliphatic heterocycles. The van der Waals surface area contributed by atoms with Crippen LogP contribution in [0.1, 0.15) is 56.2 Å². The van der Waals surface area contributed by atoms with Gasteiger partial charge in [-0.1, -0.05) is 6.92 Å². The first kappa shape index (κ1) is 16.9. The highest BCUT2D eigenvalue weighted by molar-refractivity contribution is 7.09. The number of rotatable bonds is 6. The lowest BCUT2D eigenvalue weighted by Crippen LogP contribution is -2.38. The zero-order valence-corrected chi connectivity index (χ0v) is 14.2. The van der Waals surface area contributed by atoms with Gasteiger partial charge < -0.3 is 10.2 Å². The Kier molecular flexibility index (Phi) is 6.36. The summed E-state index contributed by atoms with van der Waals surface area (Å²) in [5.41, 5.74) is 1.03. The van der Waals surface area contributed by atoms with E-state index in [1.54, 1.807) is 11.3 Å². The number of piperidine rings is 1. The normalized spacial score (nSPS) is 18.3. The van der Waals surface area contributed by atoms with Crippen LogP contribution in [0, 0.1) is 0 Å². The van der Waals surface area contributed by atoms with E-state index >= 15 is 0 Å². The van der Waals surface area contributed by atoms with Gasteiger partial charge in [0, 0.05) is 50.7 Å². The molecule has 1 N–H and O–H groups in total. The Morgan fingerprint density at radius 3 is 3.05 bits per heavy atom. The van der Waals surface area contributed by atoms with Crippen LogP contribution in [0.4, 0.5) is 0 Å². The van der Waals surface area contributed by atoms with E-state index < -0.39 is 0 Å². The molecule has 6 heteroatoms. The Bertz CT molecular complexity index is 515. The molecule has 5 nitrogen and oxygen atoms in total. The van der Waals surface area contributed by atoms with Crippen molar-refractivity contribution in [2.75, 3.05) is 19.6 Å². The third kappa shape index (κ3) is 4.80. The van der Waals surface area contributed by atoms with E-state index in [1.165, 1.54) is 6.92 Å². The van der Waals surface area contributed by atoms with Crippen LogP contribution in [-0.4, -0.2) is 41.3 Å². The van der Waals surface area contributed by atoms with Crippen molar-refractivity contribution in [2.45, 2.75) is 51.9 Å². The van der Waals surface area contributed by atoms with Gasteiger partial charge in [0.15, 0.2) is 0 Å². The molecule has 22 heavy (non-hydrogen) atoms. The number of likely N-dealkylation sites (tertiary alicyclic amines) is 1. The minimum Gasteiger partial charge on any atom is -0.356 e. The molecule has 2 heterocycles. The van der Waals surface area contributed by atoms with Crippen LogP contribution in [0.2, 0.25) is 0 Å². The maximum Gasteiger partial charge on any atom is 0.222 e. The summed E-state index contributed by atoms with van der Waals surface area (Å²) in [7, 11) is 0. The van der Waals surface area contributed by atoms with Gasteiger partial charge in [0.2, 0.25) is 11.8 Å². The van der Waals surface area contributed by atoms with E-state index in [9.17, 15) is 9.59 Å². The van der Waals surface area contributed by atoms with Crippen molar-refractivity contribution in [2.24, 2.45) is 0 Å². The second-order valence-corrected chi connectivity index (χ2v) is 6.73. The molecule has 1 aliphatic rings. The fourth-order valence-corrected chi connectivity index (χ4v) is 3.75. The van der Waals surface area contributed by atoms with Crippen LogP contribution in [0.3, 0.4) is 0 Å². The number of carbonyl (C=O) groups excluding carboxylic acids is 2. The Labute approximate surface area is 136 Å². The number of nitrogens with one attached hydrogen (secondary N) is 1. The fraction of sp³-hybridized carbons (Fsp3) is 0.688. The van der Waals surface area contributed by atoms with Gasteiger partial charge in [-0.05, 0) is 19.3 Å². The van der Waals surface area contributed by atoms with E-state index in [2.05, 4.69) is 10.7 Å². The summed E-state index contributed by atoms with van der Waals surface area (Å²) in [6, 6.07) is 0. The topological polar surface area (TPSA) is 62.3 Å². The third-order valence-electron chi connectivity index (χ3n) is 3.91. The summed E-state index contributed by atoms with van der Waals surface area (Å²) >= 11 is 1.68. The first-order chi connectivity index (χ1) is 10.6. The van der Waals surface area contributed by atoms with E-state index in [4.69, 9.17) is 4.98 Å². The van der Waals surface area contributed by atoms with Gasteiger partial charge in [-0.25, -0.2) is 4.98 Å². The van der Waals surface area contributed by atoms with E-state index in [0.717, 1.165) is 49.5 Å². The number of hydrogen-bond donors (Lipinski definition) is 1. The van der Waals surface area contributed by atoms with Crippen LogP contribution in [0.25, 0.3) is 0 Å². The Hall–Kier alpha value is -1.43. The summed E-state index contributed by atoms with van der Waals surface area (Å²) in [5.74, 6) is 0.636. The van der Waals surface area contributed by atoms with Crippen molar-refractivity contribution in [1.29, 1.82) is 0 Å². The summed E-state index contributed by atoms with van der Waals surface area (Å²) in [5, 5.41) is 6.00.